The van der Waals surface area contributed by atoms with E-state index < -0.39 is 0 Å². The zero-order valence-corrected chi connectivity index (χ0v) is 19.9. The highest BCUT2D eigenvalue weighted by Crippen LogP contribution is 2.23. The lowest BCUT2D eigenvalue weighted by Crippen LogP contribution is -2.24. The van der Waals surface area contributed by atoms with Gasteiger partial charge in [-0.2, -0.15) is 5.10 Å². The predicted octanol–water partition coefficient (Wildman–Crippen LogP) is 6.22. The lowest BCUT2D eigenvalue weighted by Gasteiger charge is -2.10. The number of amides is 1. The molecule has 0 aliphatic heterocycles. The first-order valence-electron chi connectivity index (χ1n) is 10.7. The van der Waals surface area contributed by atoms with Crippen molar-refractivity contribution in [1.82, 2.24) is 5.43 Å². The third kappa shape index (κ3) is 6.80. The molecule has 1 N–H and O–H groups in total. The first-order valence-corrected chi connectivity index (χ1v) is 11.5. The summed E-state index contributed by atoms with van der Waals surface area (Å²) in [5, 5.41) is 4.06. The van der Waals surface area contributed by atoms with E-state index >= 15 is 0 Å². The number of carbonyl (C=O) groups excluding carboxylic acids is 1. The zero-order chi connectivity index (χ0) is 23.6. The Hall–Kier alpha value is -3.90. The molecule has 34 heavy (non-hydrogen) atoms. The van der Waals surface area contributed by atoms with E-state index in [0.717, 1.165) is 26.7 Å². The van der Waals surface area contributed by atoms with Gasteiger partial charge >= 0.3 is 0 Å². The minimum atomic E-state index is -0.356. The maximum Gasteiger partial charge on any atom is 0.277 e. The summed E-state index contributed by atoms with van der Waals surface area (Å²) >= 11 is 3.46. The fourth-order valence-electron chi connectivity index (χ4n) is 3.22. The van der Waals surface area contributed by atoms with Gasteiger partial charge in [-0.3, -0.25) is 4.79 Å². The van der Waals surface area contributed by atoms with E-state index in [1.807, 2.05) is 103 Å². The van der Waals surface area contributed by atoms with Gasteiger partial charge in [0.2, 0.25) is 0 Å². The predicted molar refractivity (Wildman–Crippen MR) is 138 cm³/mol. The van der Waals surface area contributed by atoms with Gasteiger partial charge in [0.1, 0.15) is 18.1 Å². The van der Waals surface area contributed by atoms with Gasteiger partial charge < -0.3 is 9.47 Å². The van der Waals surface area contributed by atoms with Crippen LogP contribution in [0, 0.1) is 0 Å². The fraction of sp³-hybridized carbons (Fsp3) is 0.0714. The average molecular weight is 515 g/mol. The standard InChI is InChI=1S/C28H23BrN2O3/c29-25-13-16-27(34-19-21-7-3-1-4-8-21)24(17-25)18-30-31-28(32)20-33-26-14-11-23(12-15-26)22-9-5-2-6-10-22/h1-18H,19-20H2,(H,31,32). The molecule has 1 amide bonds. The van der Waals surface area contributed by atoms with Crippen molar-refractivity contribution in [3.63, 3.8) is 0 Å². The molecule has 0 aliphatic rings. The van der Waals surface area contributed by atoms with Gasteiger partial charge in [-0.15, -0.1) is 0 Å². The minimum absolute atomic E-state index is 0.141. The number of hydrogen-bond donors (Lipinski definition) is 1. The molecular formula is C28H23BrN2O3. The van der Waals surface area contributed by atoms with Crippen molar-refractivity contribution in [2.75, 3.05) is 6.61 Å². The number of hydrazone groups is 1. The molecule has 0 heterocycles. The van der Waals surface area contributed by atoms with Crippen LogP contribution in [0.5, 0.6) is 11.5 Å². The van der Waals surface area contributed by atoms with Crippen LogP contribution in [-0.2, 0) is 11.4 Å². The Bertz CT molecular complexity index is 1240. The topological polar surface area (TPSA) is 59.9 Å². The molecule has 6 heteroatoms. The van der Waals surface area contributed by atoms with Crippen molar-refractivity contribution in [1.29, 1.82) is 0 Å². The van der Waals surface area contributed by atoms with Crippen LogP contribution in [-0.4, -0.2) is 18.7 Å². The maximum absolute atomic E-state index is 12.2. The monoisotopic (exact) mass is 514 g/mol. The molecule has 4 rings (SSSR count). The molecule has 0 fully saturated rings. The molecule has 0 aliphatic carbocycles. The summed E-state index contributed by atoms with van der Waals surface area (Å²) in [6.07, 6.45) is 1.55. The van der Waals surface area contributed by atoms with Crippen molar-refractivity contribution < 1.29 is 14.3 Å². The molecule has 5 nitrogen and oxygen atoms in total. The molecule has 0 atom stereocenters. The lowest BCUT2D eigenvalue weighted by molar-refractivity contribution is -0.123. The summed E-state index contributed by atoms with van der Waals surface area (Å²) in [7, 11) is 0. The molecule has 170 valence electrons. The number of rotatable bonds is 9. The molecule has 0 radical (unpaired) electrons. The summed E-state index contributed by atoms with van der Waals surface area (Å²) in [4.78, 5) is 12.2. The largest absolute Gasteiger partial charge is 0.488 e. The summed E-state index contributed by atoms with van der Waals surface area (Å²) in [6, 6.07) is 33.2. The third-order valence-electron chi connectivity index (χ3n) is 4.93. The van der Waals surface area contributed by atoms with Gasteiger partial charge in [0.15, 0.2) is 6.61 Å². The highest BCUT2D eigenvalue weighted by atomic mass is 79.9. The fourth-order valence-corrected chi connectivity index (χ4v) is 3.59. The highest BCUT2D eigenvalue weighted by Gasteiger charge is 2.06. The number of nitrogens with one attached hydrogen (secondary N) is 1. The quantitative estimate of drug-likeness (QED) is 0.213. The Labute approximate surface area is 207 Å². The van der Waals surface area contributed by atoms with Gasteiger partial charge in [-0.25, -0.2) is 5.43 Å². The first-order chi connectivity index (χ1) is 16.7. The molecule has 4 aromatic carbocycles. The Kier molecular flexibility index (Phi) is 8.08. The highest BCUT2D eigenvalue weighted by molar-refractivity contribution is 9.10. The SMILES string of the molecule is O=C(COc1ccc(-c2ccccc2)cc1)NN=Cc1cc(Br)ccc1OCc1ccccc1. The van der Waals surface area contributed by atoms with Crippen molar-refractivity contribution in [2.45, 2.75) is 6.61 Å². The van der Waals surface area contributed by atoms with Crippen molar-refractivity contribution in [3.8, 4) is 22.6 Å². The Balaban J connectivity index is 1.29. The summed E-state index contributed by atoms with van der Waals surface area (Å²) in [6.45, 7) is 0.296. The second-order valence-electron chi connectivity index (χ2n) is 7.43. The molecule has 0 unspecified atom stereocenters. The molecule has 0 aromatic heterocycles. The van der Waals surface area contributed by atoms with Crippen LogP contribution in [0.3, 0.4) is 0 Å². The van der Waals surface area contributed by atoms with E-state index in [-0.39, 0.29) is 12.5 Å². The third-order valence-corrected chi connectivity index (χ3v) is 5.43. The van der Waals surface area contributed by atoms with Gasteiger partial charge in [0, 0.05) is 10.0 Å². The van der Waals surface area contributed by atoms with Gasteiger partial charge in [-0.1, -0.05) is 88.7 Å². The molecule has 0 bridgehead atoms. The Morgan fingerprint density at radius 2 is 1.50 bits per heavy atom. The number of halogens is 1. The first kappa shape index (κ1) is 23.3. The van der Waals surface area contributed by atoms with E-state index in [0.29, 0.717) is 18.1 Å². The summed E-state index contributed by atoms with van der Waals surface area (Å²) in [5.74, 6) is 0.923. The smallest absolute Gasteiger partial charge is 0.277 e. The van der Waals surface area contributed by atoms with E-state index in [1.54, 1.807) is 6.21 Å². The van der Waals surface area contributed by atoms with E-state index in [2.05, 4.69) is 26.5 Å². The minimum Gasteiger partial charge on any atom is -0.488 e. The molecular weight excluding hydrogens is 492 g/mol. The summed E-state index contributed by atoms with van der Waals surface area (Å²) in [5.41, 5.74) is 6.51. The van der Waals surface area contributed by atoms with Gasteiger partial charge in [0.25, 0.3) is 5.91 Å². The number of carbonyl (C=O) groups is 1. The Morgan fingerprint density at radius 1 is 0.824 bits per heavy atom. The number of hydrogen-bond acceptors (Lipinski definition) is 4. The van der Waals surface area contributed by atoms with Crippen LogP contribution in [0.2, 0.25) is 0 Å². The van der Waals surface area contributed by atoms with E-state index in [1.165, 1.54) is 0 Å². The average Bonchev–Trinajstić information content (AvgIpc) is 2.88. The second-order valence-corrected chi connectivity index (χ2v) is 8.34. The van der Waals surface area contributed by atoms with Crippen LogP contribution in [0.15, 0.2) is 113 Å². The van der Waals surface area contributed by atoms with E-state index in [4.69, 9.17) is 9.47 Å². The van der Waals surface area contributed by atoms with Crippen molar-refractivity contribution >= 4 is 28.1 Å². The summed E-state index contributed by atoms with van der Waals surface area (Å²) < 4.78 is 12.4. The van der Waals surface area contributed by atoms with Gasteiger partial charge in [0.05, 0.1) is 6.21 Å². The van der Waals surface area contributed by atoms with Crippen LogP contribution < -0.4 is 14.9 Å². The lowest BCUT2D eigenvalue weighted by atomic mass is 10.1. The second kappa shape index (κ2) is 11.8. The van der Waals surface area contributed by atoms with Gasteiger partial charge in [-0.05, 0) is 47.0 Å². The van der Waals surface area contributed by atoms with Crippen LogP contribution in [0.25, 0.3) is 11.1 Å². The van der Waals surface area contributed by atoms with Crippen molar-refractivity contribution in [3.05, 3.63) is 119 Å². The molecule has 0 saturated carbocycles. The number of nitrogens with zero attached hydrogens (tertiary/aromatic N) is 1. The molecule has 0 spiro atoms. The number of benzene rings is 4. The molecule has 0 saturated heterocycles. The maximum atomic E-state index is 12.2. The van der Waals surface area contributed by atoms with E-state index in [9.17, 15) is 4.79 Å². The number of ether oxygens (including phenoxy) is 2. The van der Waals surface area contributed by atoms with Crippen LogP contribution >= 0.6 is 15.9 Å². The zero-order valence-electron chi connectivity index (χ0n) is 18.4. The Morgan fingerprint density at radius 3 is 2.24 bits per heavy atom. The van der Waals surface area contributed by atoms with Crippen LogP contribution in [0.1, 0.15) is 11.1 Å². The van der Waals surface area contributed by atoms with Crippen molar-refractivity contribution in [2.24, 2.45) is 5.10 Å². The molecule has 4 aromatic rings. The van der Waals surface area contributed by atoms with Crippen LogP contribution in [0.4, 0.5) is 0 Å². The normalized spacial score (nSPS) is 10.7.